The van der Waals surface area contributed by atoms with Crippen LogP contribution in [0, 0.1) is 18.8 Å². The van der Waals surface area contributed by atoms with Gasteiger partial charge in [0.25, 0.3) is 5.91 Å². The van der Waals surface area contributed by atoms with Crippen molar-refractivity contribution < 1.29 is 9.59 Å². The number of hydrogen-bond donors (Lipinski definition) is 1. The van der Waals surface area contributed by atoms with E-state index in [1.54, 1.807) is 0 Å². The molecule has 5 heteroatoms. The van der Waals surface area contributed by atoms with E-state index in [4.69, 9.17) is 0 Å². The van der Waals surface area contributed by atoms with Gasteiger partial charge in [-0.05, 0) is 76.1 Å². The van der Waals surface area contributed by atoms with E-state index < -0.39 is 0 Å². The predicted octanol–water partition coefficient (Wildman–Crippen LogP) is 3.48. The van der Waals surface area contributed by atoms with Crippen LogP contribution in [0.25, 0.3) is 0 Å². The lowest BCUT2D eigenvalue weighted by Gasteiger charge is -2.32. The first-order chi connectivity index (χ1) is 14.0. The molecule has 3 rings (SSSR count). The Morgan fingerprint density at radius 2 is 1.79 bits per heavy atom. The highest BCUT2D eigenvalue weighted by Crippen LogP contribution is 2.22. The number of hydrogen-bond acceptors (Lipinski definition) is 3. The number of carbonyl (C=O) groups is 2. The van der Waals surface area contributed by atoms with E-state index in [0.29, 0.717) is 12.3 Å². The summed E-state index contributed by atoms with van der Waals surface area (Å²) in [5, 5.41) is 3.10. The fourth-order valence-corrected chi connectivity index (χ4v) is 4.57. The number of aryl methyl sites for hydroxylation is 1. The van der Waals surface area contributed by atoms with E-state index >= 15 is 0 Å². The van der Waals surface area contributed by atoms with Crippen molar-refractivity contribution in [2.75, 3.05) is 39.3 Å². The largest absolute Gasteiger partial charge is 0.356 e. The van der Waals surface area contributed by atoms with Gasteiger partial charge in [0.15, 0.2) is 0 Å². The van der Waals surface area contributed by atoms with Crippen molar-refractivity contribution in [2.24, 2.45) is 11.8 Å². The molecule has 0 unspecified atom stereocenters. The zero-order valence-electron chi connectivity index (χ0n) is 18.2. The van der Waals surface area contributed by atoms with Crippen molar-refractivity contribution >= 4 is 11.8 Å². The van der Waals surface area contributed by atoms with E-state index in [2.05, 4.69) is 17.1 Å². The van der Waals surface area contributed by atoms with E-state index in [9.17, 15) is 9.59 Å². The average Bonchev–Trinajstić information content (AvgIpc) is 2.72. The lowest BCUT2D eigenvalue weighted by molar-refractivity contribution is -0.122. The summed E-state index contributed by atoms with van der Waals surface area (Å²) >= 11 is 0. The Morgan fingerprint density at radius 3 is 2.48 bits per heavy atom. The van der Waals surface area contributed by atoms with Crippen LogP contribution in [0.15, 0.2) is 24.3 Å². The van der Waals surface area contributed by atoms with E-state index in [0.717, 1.165) is 62.5 Å². The second kappa shape index (κ2) is 10.8. The van der Waals surface area contributed by atoms with Gasteiger partial charge in [-0.25, -0.2) is 0 Å². The van der Waals surface area contributed by atoms with Crippen LogP contribution in [0.3, 0.4) is 0 Å². The second-order valence-corrected chi connectivity index (χ2v) is 9.06. The third-order valence-electron chi connectivity index (χ3n) is 6.39. The third-order valence-corrected chi connectivity index (χ3v) is 6.39. The van der Waals surface area contributed by atoms with Crippen LogP contribution in [0.2, 0.25) is 0 Å². The van der Waals surface area contributed by atoms with Gasteiger partial charge in [0.2, 0.25) is 5.91 Å². The van der Waals surface area contributed by atoms with Gasteiger partial charge in [-0.15, -0.1) is 0 Å². The standard InChI is InChI=1S/C24H37N3O2/c1-19-6-8-22(9-7-19)24(29)27-15-10-21(11-16-27)17-23(28)25-12-4-14-26-13-3-5-20(2)18-26/h6-9,20-21H,3-5,10-18H2,1-2H3,(H,25,28)/t20-/m1/s1. The number of nitrogens with zero attached hydrogens (tertiary/aromatic N) is 2. The molecule has 1 N–H and O–H groups in total. The van der Waals surface area contributed by atoms with Gasteiger partial charge in [-0.1, -0.05) is 24.6 Å². The summed E-state index contributed by atoms with van der Waals surface area (Å²) in [5.41, 5.74) is 1.92. The van der Waals surface area contributed by atoms with Gasteiger partial charge >= 0.3 is 0 Å². The molecule has 0 saturated carbocycles. The Labute approximate surface area is 175 Å². The van der Waals surface area contributed by atoms with Crippen molar-refractivity contribution in [1.29, 1.82) is 0 Å². The molecule has 0 aliphatic carbocycles. The summed E-state index contributed by atoms with van der Waals surface area (Å²) in [6, 6.07) is 7.77. The number of amides is 2. The molecule has 0 bridgehead atoms. The molecule has 2 fully saturated rings. The maximum Gasteiger partial charge on any atom is 0.253 e. The second-order valence-electron chi connectivity index (χ2n) is 9.06. The fraction of sp³-hybridized carbons (Fsp3) is 0.667. The van der Waals surface area contributed by atoms with Crippen molar-refractivity contribution in [2.45, 2.75) is 52.4 Å². The molecule has 0 aromatic heterocycles. The van der Waals surface area contributed by atoms with Crippen LogP contribution in [0.1, 0.15) is 61.4 Å². The normalized spacial score (nSPS) is 21.2. The third kappa shape index (κ3) is 6.84. The van der Waals surface area contributed by atoms with Gasteiger partial charge < -0.3 is 15.1 Å². The molecule has 2 saturated heterocycles. The van der Waals surface area contributed by atoms with Crippen molar-refractivity contribution in [3.8, 4) is 0 Å². The van der Waals surface area contributed by atoms with Gasteiger partial charge in [-0.2, -0.15) is 0 Å². The molecular weight excluding hydrogens is 362 g/mol. The van der Waals surface area contributed by atoms with Crippen LogP contribution in [-0.2, 0) is 4.79 Å². The molecule has 2 aliphatic rings. The first kappa shape index (κ1) is 21.8. The van der Waals surface area contributed by atoms with E-state index in [-0.39, 0.29) is 11.8 Å². The molecule has 0 spiro atoms. The first-order valence-electron chi connectivity index (χ1n) is 11.4. The summed E-state index contributed by atoms with van der Waals surface area (Å²) in [5.74, 6) is 1.47. The minimum Gasteiger partial charge on any atom is -0.356 e. The molecule has 29 heavy (non-hydrogen) atoms. The van der Waals surface area contributed by atoms with Crippen molar-refractivity contribution in [1.82, 2.24) is 15.1 Å². The molecular formula is C24H37N3O2. The Balaban J connectivity index is 1.30. The van der Waals surface area contributed by atoms with Gasteiger partial charge in [0.1, 0.15) is 0 Å². The monoisotopic (exact) mass is 399 g/mol. The Hall–Kier alpha value is -1.88. The van der Waals surface area contributed by atoms with Crippen LogP contribution in [0.4, 0.5) is 0 Å². The summed E-state index contributed by atoms with van der Waals surface area (Å²) in [6.07, 6.45) is 6.10. The molecule has 2 amide bonds. The predicted molar refractivity (Wildman–Crippen MR) is 117 cm³/mol. The minimum absolute atomic E-state index is 0.111. The SMILES string of the molecule is Cc1ccc(C(=O)N2CCC(CC(=O)NCCCN3CCC[C@@H](C)C3)CC2)cc1. The fourth-order valence-electron chi connectivity index (χ4n) is 4.57. The molecule has 0 radical (unpaired) electrons. The Kier molecular flexibility index (Phi) is 8.10. The van der Waals surface area contributed by atoms with Crippen LogP contribution < -0.4 is 5.32 Å². The molecule has 2 aliphatic heterocycles. The summed E-state index contributed by atoms with van der Waals surface area (Å²) < 4.78 is 0. The molecule has 1 atom stereocenters. The molecule has 1 aromatic carbocycles. The van der Waals surface area contributed by atoms with Crippen LogP contribution >= 0.6 is 0 Å². The molecule has 160 valence electrons. The van der Waals surface area contributed by atoms with Crippen LogP contribution in [-0.4, -0.2) is 60.9 Å². The van der Waals surface area contributed by atoms with Crippen LogP contribution in [0.5, 0.6) is 0 Å². The van der Waals surface area contributed by atoms with Crippen molar-refractivity contribution in [3.63, 3.8) is 0 Å². The Morgan fingerprint density at radius 1 is 1.07 bits per heavy atom. The quantitative estimate of drug-likeness (QED) is 0.714. The molecule has 2 heterocycles. The average molecular weight is 400 g/mol. The molecule has 5 nitrogen and oxygen atoms in total. The smallest absolute Gasteiger partial charge is 0.253 e. The number of nitrogens with one attached hydrogen (secondary N) is 1. The van der Waals surface area contributed by atoms with Crippen molar-refractivity contribution in [3.05, 3.63) is 35.4 Å². The highest BCUT2D eigenvalue weighted by atomic mass is 16.2. The van der Waals surface area contributed by atoms with E-state index in [1.165, 1.54) is 25.9 Å². The highest BCUT2D eigenvalue weighted by molar-refractivity contribution is 5.94. The van der Waals surface area contributed by atoms with E-state index in [1.807, 2.05) is 36.1 Å². The maximum atomic E-state index is 12.6. The number of rotatable bonds is 7. The lowest BCUT2D eigenvalue weighted by Crippen LogP contribution is -2.40. The zero-order valence-corrected chi connectivity index (χ0v) is 18.2. The van der Waals surface area contributed by atoms with Gasteiger partial charge in [0, 0.05) is 38.2 Å². The molecule has 1 aromatic rings. The summed E-state index contributed by atoms with van der Waals surface area (Å²) in [7, 11) is 0. The first-order valence-corrected chi connectivity index (χ1v) is 11.4. The number of carbonyl (C=O) groups excluding carboxylic acids is 2. The van der Waals surface area contributed by atoms with Gasteiger partial charge in [-0.3, -0.25) is 9.59 Å². The zero-order chi connectivity index (χ0) is 20.6. The lowest BCUT2D eigenvalue weighted by atomic mass is 9.92. The summed E-state index contributed by atoms with van der Waals surface area (Å²) in [4.78, 5) is 29.3. The van der Waals surface area contributed by atoms with Gasteiger partial charge in [0.05, 0.1) is 0 Å². The number of piperidine rings is 2. The number of benzene rings is 1. The topological polar surface area (TPSA) is 52.7 Å². The minimum atomic E-state index is 0.111. The number of likely N-dealkylation sites (tertiary alicyclic amines) is 2. The summed E-state index contributed by atoms with van der Waals surface area (Å²) in [6.45, 7) is 10.1. The Bertz CT molecular complexity index is 665. The maximum absolute atomic E-state index is 12.6. The highest BCUT2D eigenvalue weighted by Gasteiger charge is 2.25.